The van der Waals surface area contributed by atoms with E-state index in [1.165, 1.54) is 11.1 Å². The molecule has 2 aromatic rings. The van der Waals surface area contributed by atoms with Crippen molar-refractivity contribution < 1.29 is 9.53 Å². The Labute approximate surface area is 181 Å². The summed E-state index contributed by atoms with van der Waals surface area (Å²) in [4.78, 5) is 15.5. The third-order valence-corrected chi connectivity index (χ3v) is 6.49. The van der Waals surface area contributed by atoms with Crippen LogP contribution in [0.5, 0.6) is 5.75 Å². The summed E-state index contributed by atoms with van der Waals surface area (Å²) in [6.45, 7) is 11.5. The van der Waals surface area contributed by atoms with Crippen LogP contribution in [0, 0.1) is 0 Å². The average Bonchev–Trinajstić information content (AvgIpc) is 3.04. The maximum absolute atomic E-state index is 13.5. The van der Waals surface area contributed by atoms with Gasteiger partial charge in [-0.25, -0.2) is 0 Å². The molecule has 1 atom stereocenters. The van der Waals surface area contributed by atoms with Crippen LogP contribution in [0.3, 0.4) is 0 Å². The second-order valence-corrected chi connectivity index (χ2v) is 9.30. The highest BCUT2D eigenvalue weighted by molar-refractivity contribution is 5.89. The van der Waals surface area contributed by atoms with E-state index in [0.29, 0.717) is 6.54 Å². The Morgan fingerprint density at radius 3 is 2.10 bits per heavy atom. The van der Waals surface area contributed by atoms with Crippen molar-refractivity contribution in [1.82, 2.24) is 10.2 Å². The van der Waals surface area contributed by atoms with Gasteiger partial charge >= 0.3 is 0 Å². The van der Waals surface area contributed by atoms with Gasteiger partial charge in [0.15, 0.2) is 0 Å². The smallest absolute Gasteiger partial charge is 0.244 e. The second kappa shape index (κ2) is 8.81. The molecule has 1 amide bonds. The van der Waals surface area contributed by atoms with Crippen LogP contribution in [0.1, 0.15) is 70.3 Å². The van der Waals surface area contributed by atoms with E-state index in [0.717, 1.165) is 30.6 Å². The molecule has 0 spiro atoms. The molecule has 0 saturated carbocycles. The largest absolute Gasteiger partial charge is 0.497 e. The van der Waals surface area contributed by atoms with Crippen molar-refractivity contribution in [2.45, 2.75) is 71.0 Å². The number of carbonyl (C=O) groups excluding carboxylic acids is 1. The van der Waals surface area contributed by atoms with Gasteiger partial charge in [-0.05, 0) is 53.5 Å². The van der Waals surface area contributed by atoms with Crippen LogP contribution in [0.15, 0.2) is 48.5 Å². The second-order valence-electron chi connectivity index (χ2n) is 9.30. The van der Waals surface area contributed by atoms with Crippen LogP contribution in [-0.2, 0) is 16.6 Å². The van der Waals surface area contributed by atoms with Gasteiger partial charge in [0.2, 0.25) is 5.91 Å². The predicted octanol–water partition coefficient (Wildman–Crippen LogP) is 5.22. The molecule has 0 aliphatic carbocycles. The summed E-state index contributed by atoms with van der Waals surface area (Å²) in [5.41, 5.74) is 3.29. The molecule has 3 rings (SSSR count). The number of carbonyl (C=O) groups is 1. The van der Waals surface area contributed by atoms with Crippen molar-refractivity contribution in [2.24, 2.45) is 0 Å². The molecule has 2 aromatic carbocycles. The third kappa shape index (κ3) is 4.39. The van der Waals surface area contributed by atoms with Crippen molar-refractivity contribution in [2.75, 3.05) is 13.7 Å². The zero-order valence-corrected chi connectivity index (χ0v) is 19.3. The molecule has 0 radical (unpaired) electrons. The topological polar surface area (TPSA) is 41.6 Å². The highest BCUT2D eigenvalue weighted by atomic mass is 16.5. The zero-order chi connectivity index (χ0) is 21.9. The van der Waals surface area contributed by atoms with Crippen LogP contribution < -0.4 is 10.1 Å². The van der Waals surface area contributed by atoms with Gasteiger partial charge in [0, 0.05) is 6.54 Å². The summed E-state index contributed by atoms with van der Waals surface area (Å²) in [6, 6.07) is 16.8. The Morgan fingerprint density at radius 2 is 1.60 bits per heavy atom. The van der Waals surface area contributed by atoms with E-state index in [1.807, 2.05) is 17.0 Å². The summed E-state index contributed by atoms with van der Waals surface area (Å²) in [6.07, 6.45) is 2.30. The number of rotatable bonds is 7. The number of amides is 1. The molecule has 0 bridgehead atoms. The molecule has 1 heterocycles. The number of hydrogen-bond acceptors (Lipinski definition) is 3. The first-order chi connectivity index (χ1) is 14.2. The minimum Gasteiger partial charge on any atom is -0.497 e. The molecule has 0 aromatic heterocycles. The maximum atomic E-state index is 13.5. The molecular weight excluding hydrogens is 372 g/mol. The molecule has 30 heavy (non-hydrogen) atoms. The van der Waals surface area contributed by atoms with Crippen LogP contribution in [0.4, 0.5) is 0 Å². The normalized spacial score (nSPS) is 18.7. The van der Waals surface area contributed by atoms with Gasteiger partial charge in [-0.2, -0.15) is 0 Å². The number of ether oxygens (including phenoxy) is 1. The van der Waals surface area contributed by atoms with Crippen LogP contribution in [0.2, 0.25) is 0 Å². The van der Waals surface area contributed by atoms with Gasteiger partial charge in [0.1, 0.15) is 11.9 Å². The summed E-state index contributed by atoms with van der Waals surface area (Å²) >= 11 is 0. The molecule has 1 saturated heterocycles. The summed E-state index contributed by atoms with van der Waals surface area (Å²) in [5, 5.41) is 3.69. The van der Waals surface area contributed by atoms with Crippen molar-refractivity contribution in [1.29, 1.82) is 0 Å². The minimum atomic E-state index is -0.479. The Bertz CT molecular complexity index is 846. The fourth-order valence-electron chi connectivity index (χ4n) is 4.25. The van der Waals surface area contributed by atoms with E-state index >= 15 is 0 Å². The highest BCUT2D eigenvalue weighted by Crippen LogP contribution is 2.35. The first-order valence-electron chi connectivity index (χ1n) is 11.1. The van der Waals surface area contributed by atoms with Crippen molar-refractivity contribution in [3.05, 3.63) is 65.2 Å². The maximum Gasteiger partial charge on any atom is 0.244 e. The molecule has 1 fully saturated rings. The van der Waals surface area contributed by atoms with E-state index in [1.54, 1.807) is 7.11 Å². The average molecular weight is 409 g/mol. The van der Waals surface area contributed by atoms with Gasteiger partial charge in [0.25, 0.3) is 0 Å². The van der Waals surface area contributed by atoms with Crippen molar-refractivity contribution in [3.63, 3.8) is 0 Å². The molecular formula is C26H36N2O2. The van der Waals surface area contributed by atoms with Crippen LogP contribution >= 0.6 is 0 Å². The number of nitrogens with zero attached hydrogens (tertiary/aromatic N) is 1. The van der Waals surface area contributed by atoms with Crippen LogP contribution in [-0.4, -0.2) is 30.0 Å². The fraction of sp³-hybridized carbons (Fsp3) is 0.500. The van der Waals surface area contributed by atoms with E-state index in [9.17, 15) is 4.79 Å². The lowest BCUT2D eigenvalue weighted by atomic mass is 9.86. The van der Waals surface area contributed by atoms with Crippen molar-refractivity contribution >= 4 is 5.91 Å². The Morgan fingerprint density at radius 1 is 1.00 bits per heavy atom. The molecule has 1 aliphatic heterocycles. The molecule has 4 nitrogen and oxygen atoms in total. The lowest BCUT2D eigenvalue weighted by Crippen LogP contribution is -2.45. The number of methoxy groups -OCH3 is 1. The fourth-order valence-corrected chi connectivity index (χ4v) is 4.25. The molecule has 1 aliphatic rings. The lowest BCUT2D eigenvalue weighted by molar-refractivity contribution is -0.133. The molecule has 1 unspecified atom stereocenters. The lowest BCUT2D eigenvalue weighted by Gasteiger charge is -2.26. The number of benzene rings is 2. The first kappa shape index (κ1) is 22.4. The van der Waals surface area contributed by atoms with Gasteiger partial charge in [-0.3, -0.25) is 10.1 Å². The monoisotopic (exact) mass is 408 g/mol. The quantitative estimate of drug-likeness (QED) is 0.682. The van der Waals surface area contributed by atoms with E-state index in [4.69, 9.17) is 4.74 Å². The van der Waals surface area contributed by atoms with E-state index in [2.05, 4.69) is 76.3 Å². The molecule has 4 heteroatoms. The highest BCUT2D eigenvalue weighted by Gasteiger charge is 2.48. The Balaban J connectivity index is 1.85. The Kier molecular flexibility index (Phi) is 6.56. The van der Waals surface area contributed by atoms with Crippen molar-refractivity contribution in [3.8, 4) is 5.75 Å². The standard InChI is InChI=1S/C26H36N2O2/c1-7-26(8-2)24(29)28(18-17-19-9-15-22(30-6)16-10-19)23(27-26)20-11-13-21(14-12-20)25(3,4)5/h9-16,23,27H,7-8,17-18H2,1-6H3. The zero-order valence-electron chi connectivity index (χ0n) is 19.3. The van der Waals surface area contributed by atoms with Gasteiger partial charge in [-0.1, -0.05) is 71.0 Å². The Hall–Kier alpha value is -2.33. The van der Waals surface area contributed by atoms with Gasteiger partial charge in [0.05, 0.1) is 12.6 Å². The van der Waals surface area contributed by atoms with Crippen LogP contribution in [0.25, 0.3) is 0 Å². The molecule has 1 N–H and O–H groups in total. The van der Waals surface area contributed by atoms with Gasteiger partial charge < -0.3 is 9.64 Å². The van der Waals surface area contributed by atoms with Gasteiger partial charge in [-0.15, -0.1) is 0 Å². The summed E-state index contributed by atoms with van der Waals surface area (Å²) < 4.78 is 5.25. The third-order valence-electron chi connectivity index (χ3n) is 6.49. The van der Waals surface area contributed by atoms with E-state index in [-0.39, 0.29) is 17.5 Å². The predicted molar refractivity (Wildman–Crippen MR) is 123 cm³/mol. The number of hydrogen-bond donors (Lipinski definition) is 1. The SMILES string of the molecule is CCC1(CC)NC(c2ccc(C(C)(C)C)cc2)N(CCc2ccc(OC)cc2)C1=O. The first-order valence-corrected chi connectivity index (χ1v) is 11.1. The minimum absolute atomic E-state index is 0.0929. The molecule has 162 valence electrons. The van der Waals surface area contributed by atoms with E-state index < -0.39 is 5.54 Å². The summed E-state index contributed by atoms with van der Waals surface area (Å²) in [5.74, 6) is 1.07. The summed E-state index contributed by atoms with van der Waals surface area (Å²) in [7, 11) is 1.67. The number of nitrogens with one attached hydrogen (secondary N) is 1.